The molecule has 0 bridgehead atoms. The fourth-order valence-electron chi connectivity index (χ4n) is 12.1. The summed E-state index contributed by atoms with van der Waals surface area (Å²) in [5.41, 5.74) is 13.3. The van der Waals surface area contributed by atoms with Gasteiger partial charge in [-0.25, -0.2) is 0 Å². The molecule has 3 N–H and O–H groups in total. The average Bonchev–Trinajstić information content (AvgIpc) is 3.43. The first-order valence-corrected chi connectivity index (χ1v) is 27.8. The van der Waals surface area contributed by atoms with Crippen LogP contribution in [0.25, 0.3) is 10.8 Å². The molecule has 6 aromatic rings. The summed E-state index contributed by atoms with van der Waals surface area (Å²) in [6.45, 7) is 0. The van der Waals surface area contributed by atoms with Crippen LogP contribution < -0.4 is 53.8 Å². The van der Waals surface area contributed by atoms with Gasteiger partial charge in [0.25, 0.3) is 0 Å². The van der Waals surface area contributed by atoms with E-state index in [2.05, 4.69) is 171 Å². The molecule has 73 heavy (non-hydrogen) atoms. The predicted octanol–water partition coefficient (Wildman–Crippen LogP) is 6.23. The van der Waals surface area contributed by atoms with Gasteiger partial charge in [-0.1, -0.05) is 18.2 Å². The van der Waals surface area contributed by atoms with Gasteiger partial charge < -0.3 is 0 Å². The molecular weight excluding hydrogens is 1030 g/mol. The van der Waals surface area contributed by atoms with E-state index in [1.807, 2.05) is 42.5 Å². The molecular formula is C61H38N8O2Se2-2. The van der Waals surface area contributed by atoms with E-state index in [-0.39, 0.29) is 64.9 Å². The first-order chi connectivity index (χ1) is 36.0. The van der Waals surface area contributed by atoms with Crippen LogP contribution >= 0.6 is 0 Å². The van der Waals surface area contributed by atoms with Crippen LogP contribution in [0.1, 0.15) is 5.56 Å². The molecule has 0 saturated carbocycles. The monoisotopic (exact) mass is 1070 g/mol. The Morgan fingerprint density at radius 3 is 1.90 bits per heavy atom. The van der Waals surface area contributed by atoms with Crippen molar-refractivity contribution in [2.45, 2.75) is 6.04 Å². The molecule has 348 valence electrons. The third-order valence-electron chi connectivity index (χ3n) is 15.3. The molecule has 0 amide bonds. The van der Waals surface area contributed by atoms with E-state index in [0.29, 0.717) is 11.1 Å². The number of allylic oxidation sites excluding steroid dienone is 12. The molecule has 4 atom stereocenters. The van der Waals surface area contributed by atoms with Crippen LogP contribution in [-0.2, 0) is 0 Å². The van der Waals surface area contributed by atoms with Gasteiger partial charge in [-0.15, -0.1) is 0 Å². The Kier molecular flexibility index (Phi) is 8.80. The van der Waals surface area contributed by atoms with Crippen molar-refractivity contribution in [2.24, 2.45) is 32.7 Å². The van der Waals surface area contributed by atoms with Crippen molar-refractivity contribution in [3.63, 3.8) is 0 Å². The first-order valence-electron chi connectivity index (χ1n) is 24.4. The third-order valence-corrected chi connectivity index (χ3v) is 20.0. The summed E-state index contributed by atoms with van der Waals surface area (Å²) in [6.07, 6.45) is 20.4. The number of hydrogen-bond donors (Lipinski definition) is 3. The molecule has 10 nitrogen and oxygen atoms in total. The summed E-state index contributed by atoms with van der Waals surface area (Å²) in [5.74, 6) is 1.06. The molecule has 5 aliphatic carbocycles. The minimum absolute atomic E-state index is 0.150. The minimum atomic E-state index is -0.428. The maximum atomic E-state index is 14.6. The van der Waals surface area contributed by atoms with E-state index in [1.54, 1.807) is 0 Å². The van der Waals surface area contributed by atoms with Crippen LogP contribution in [0.3, 0.4) is 0 Å². The summed E-state index contributed by atoms with van der Waals surface area (Å²) in [6, 6.07) is 44.7. The first kappa shape index (κ1) is 41.3. The van der Waals surface area contributed by atoms with Gasteiger partial charge in [0.05, 0.1) is 0 Å². The molecule has 0 saturated heterocycles. The number of guanidine groups is 2. The van der Waals surface area contributed by atoms with Crippen molar-refractivity contribution in [3.05, 3.63) is 250 Å². The summed E-state index contributed by atoms with van der Waals surface area (Å²) in [4.78, 5) is 20.4. The quantitative estimate of drug-likeness (QED) is 0.180. The van der Waals surface area contributed by atoms with Crippen LogP contribution in [0.15, 0.2) is 260 Å². The van der Waals surface area contributed by atoms with Crippen LogP contribution in [-0.4, -0.2) is 53.7 Å². The van der Waals surface area contributed by atoms with Crippen molar-refractivity contribution in [2.75, 3.05) is 15.1 Å². The van der Waals surface area contributed by atoms with Gasteiger partial charge >= 0.3 is 388 Å². The van der Waals surface area contributed by atoms with Crippen LogP contribution in [0, 0.1) is 17.8 Å². The molecule has 12 heteroatoms. The van der Waals surface area contributed by atoms with Crippen molar-refractivity contribution in [1.29, 1.82) is 0 Å². The van der Waals surface area contributed by atoms with Gasteiger partial charge in [0.15, 0.2) is 0 Å². The van der Waals surface area contributed by atoms with Crippen LogP contribution in [0.5, 0.6) is 0 Å². The number of amidine groups is 1. The van der Waals surface area contributed by atoms with Crippen LogP contribution in [0.4, 0.5) is 34.1 Å². The number of aliphatic imine (C=N–C) groups is 3. The number of para-hydroxylation sites is 4. The van der Waals surface area contributed by atoms with Gasteiger partial charge in [0, 0.05) is 17.4 Å². The molecule has 5 aliphatic heterocycles. The van der Waals surface area contributed by atoms with Crippen molar-refractivity contribution in [1.82, 2.24) is 10.6 Å². The molecule has 0 fully saturated rings. The van der Waals surface area contributed by atoms with E-state index in [0.717, 1.165) is 96.5 Å². The molecule has 0 radical (unpaired) electrons. The fraction of sp³-hybridized carbons (Fsp3) is 0.0656. The summed E-state index contributed by atoms with van der Waals surface area (Å²) in [5, 5.41) is 42.3. The zero-order valence-electron chi connectivity index (χ0n) is 38.6. The third kappa shape index (κ3) is 6.00. The molecule has 6 aromatic carbocycles. The normalized spacial score (nSPS) is 23.0. The molecule has 5 heterocycles. The Balaban J connectivity index is 0.697. The Morgan fingerprint density at radius 1 is 0.548 bits per heavy atom. The van der Waals surface area contributed by atoms with E-state index >= 15 is 0 Å². The summed E-state index contributed by atoms with van der Waals surface area (Å²) < 4.78 is 5.24. The zero-order chi connectivity index (χ0) is 48.1. The second kappa shape index (κ2) is 15.6. The van der Waals surface area contributed by atoms with Gasteiger partial charge in [0.1, 0.15) is 0 Å². The number of hydrogen-bond acceptors (Lipinski definition) is 10. The molecule has 0 spiro atoms. The van der Waals surface area contributed by atoms with E-state index in [1.165, 1.54) is 17.8 Å². The van der Waals surface area contributed by atoms with Crippen molar-refractivity contribution in [3.8, 4) is 0 Å². The summed E-state index contributed by atoms with van der Waals surface area (Å²) >= 11 is 0.372. The maximum absolute atomic E-state index is 14.6. The Labute approximate surface area is 432 Å². The van der Waals surface area contributed by atoms with Gasteiger partial charge in [-0.3, -0.25) is 0 Å². The Bertz CT molecular complexity index is 3940. The molecule has 16 rings (SSSR count). The predicted molar refractivity (Wildman–Crippen MR) is 290 cm³/mol. The number of nitrogens with zero attached hydrogens (tertiary/aromatic N) is 5. The average molecular weight is 1070 g/mol. The SMILES string of the molecule is [O-]C1=C(C2=CC=C3NC(N4c5ccccc5[Se]c5ccccc54)=NC4C=CC=C2C34)C([O-])=C1C1C=CC2=C3C(=CC=CC31)NC(c1ccc3c4c(cccc14)N=C(N1c4ccccc4[Se]c4ccccc41)N3)=N2. The zero-order valence-corrected chi connectivity index (χ0v) is 42.0. The van der Waals surface area contributed by atoms with E-state index in [9.17, 15) is 10.2 Å². The van der Waals surface area contributed by atoms with Gasteiger partial charge in [-0.05, 0) is 12.2 Å². The number of nitrogens with one attached hydrogen (secondary N) is 3. The molecule has 10 aliphatic rings. The molecule has 0 aromatic heterocycles. The Hall–Kier alpha value is -8.37. The van der Waals surface area contributed by atoms with Gasteiger partial charge in [0.2, 0.25) is 0 Å². The standard InChI is InChI=1S/C61H40N8O2Se2/c70-57-55(58(71)56(57)36-27-30-42-53-33(36)13-10-16-39(53)64-60(66-42)68-44-18-1-5-22-48(44)72-49-23-6-2-19-45(49)68)35-26-29-41-52-32(35)12-9-15-38(52)62-59(63-41)37-28-31-43-54-34(37)14-11-17-40(54)65-61(67-43)69-46-20-3-7-24-50(46)73-51-25-8-4-21-47(51)69/h1-32,35,39,53,70-71H,(H,62,63)(H,64,66)(H,65,67)/p-2. The number of fused-ring (bicyclic) bond motifs is 4. The van der Waals surface area contributed by atoms with Gasteiger partial charge in [-0.2, -0.15) is 0 Å². The van der Waals surface area contributed by atoms with E-state index < -0.39 is 5.92 Å². The second-order valence-electron chi connectivity index (χ2n) is 19.1. The number of rotatable bonds is 3. The second-order valence-corrected chi connectivity index (χ2v) is 23.7. The van der Waals surface area contributed by atoms with Crippen molar-refractivity contribution < 1.29 is 10.2 Å². The Morgan fingerprint density at radius 2 is 1.21 bits per heavy atom. The van der Waals surface area contributed by atoms with Crippen LogP contribution in [0.2, 0.25) is 0 Å². The van der Waals surface area contributed by atoms with E-state index in [4.69, 9.17) is 15.0 Å². The summed E-state index contributed by atoms with van der Waals surface area (Å²) in [7, 11) is 0. The van der Waals surface area contributed by atoms with Crippen molar-refractivity contribution >= 4 is 110 Å². The fourth-order valence-corrected chi connectivity index (χ4v) is 16.5. The topological polar surface area (TPSA) is 126 Å². The molecule has 4 unspecified atom stereocenters. The number of anilines is 5. The number of benzene rings is 6.